The molecule has 1 aromatic heterocycles. The molecule has 2 aliphatic heterocycles. The smallest absolute Gasteiger partial charge is 0.267 e. The second kappa shape index (κ2) is 7.56. The van der Waals surface area contributed by atoms with Gasteiger partial charge < -0.3 is 19.5 Å². The standard InChI is InChI=1S/C21H25N3O4/c25-21-10-15-3-1-2-4-16(15)23-24(21)18-13-26-12-17(18)22-11-14-5-6-19-20(9-14)28-8-7-27-19/h5-6,9-10,17-18,22H,1-4,7-8,11-13H2. The monoisotopic (exact) mass is 383 g/mol. The van der Waals surface area contributed by atoms with E-state index in [1.165, 1.54) is 0 Å². The van der Waals surface area contributed by atoms with Crippen LogP contribution in [0.25, 0.3) is 0 Å². The third kappa shape index (κ3) is 3.40. The number of aromatic nitrogens is 2. The van der Waals surface area contributed by atoms with Gasteiger partial charge in [-0.05, 0) is 48.9 Å². The molecule has 7 heteroatoms. The predicted molar refractivity (Wildman–Crippen MR) is 103 cm³/mol. The van der Waals surface area contributed by atoms with Crippen LogP contribution in [0.1, 0.15) is 35.7 Å². The van der Waals surface area contributed by atoms with E-state index in [-0.39, 0.29) is 17.6 Å². The lowest BCUT2D eigenvalue weighted by molar-refractivity contribution is 0.171. The maximum absolute atomic E-state index is 12.6. The molecule has 2 atom stereocenters. The molecule has 0 saturated carbocycles. The molecule has 1 aromatic carbocycles. The van der Waals surface area contributed by atoms with Gasteiger partial charge in [-0.2, -0.15) is 5.10 Å². The summed E-state index contributed by atoms with van der Waals surface area (Å²) in [6.45, 7) is 2.91. The van der Waals surface area contributed by atoms with Crippen molar-refractivity contribution < 1.29 is 14.2 Å². The van der Waals surface area contributed by atoms with Crippen molar-refractivity contribution >= 4 is 0 Å². The Kier molecular flexibility index (Phi) is 4.78. The number of hydrogen-bond acceptors (Lipinski definition) is 6. The molecule has 2 unspecified atom stereocenters. The predicted octanol–water partition coefficient (Wildman–Crippen LogP) is 1.62. The van der Waals surface area contributed by atoms with Gasteiger partial charge in [0, 0.05) is 12.6 Å². The quantitative estimate of drug-likeness (QED) is 0.865. The number of rotatable bonds is 4. The van der Waals surface area contributed by atoms with Gasteiger partial charge in [-0.25, -0.2) is 4.68 Å². The highest BCUT2D eigenvalue weighted by Gasteiger charge is 2.31. The number of hydrogen-bond donors (Lipinski definition) is 1. The molecule has 1 fully saturated rings. The van der Waals surface area contributed by atoms with Crippen molar-refractivity contribution in [1.82, 2.24) is 15.1 Å². The van der Waals surface area contributed by atoms with Gasteiger partial charge >= 0.3 is 0 Å². The summed E-state index contributed by atoms with van der Waals surface area (Å²) in [5.41, 5.74) is 3.28. The summed E-state index contributed by atoms with van der Waals surface area (Å²) in [4.78, 5) is 12.6. The number of ether oxygens (including phenoxy) is 3. The SMILES string of the molecule is O=c1cc2c(nn1C1COCC1NCc1ccc3c(c1)OCCO3)CCCC2. The van der Waals surface area contributed by atoms with E-state index >= 15 is 0 Å². The Morgan fingerprint density at radius 3 is 2.86 bits per heavy atom. The highest BCUT2D eigenvalue weighted by atomic mass is 16.6. The van der Waals surface area contributed by atoms with Crippen LogP contribution in [0.3, 0.4) is 0 Å². The van der Waals surface area contributed by atoms with Crippen molar-refractivity contribution in [2.24, 2.45) is 0 Å². The molecule has 0 spiro atoms. The van der Waals surface area contributed by atoms with Crippen LogP contribution in [0.4, 0.5) is 0 Å². The first-order chi connectivity index (χ1) is 13.8. The minimum absolute atomic E-state index is 0.0257. The first kappa shape index (κ1) is 17.7. The lowest BCUT2D eigenvalue weighted by atomic mass is 9.97. The van der Waals surface area contributed by atoms with Crippen molar-refractivity contribution in [3.8, 4) is 11.5 Å². The Hall–Kier alpha value is -2.38. The van der Waals surface area contributed by atoms with Gasteiger partial charge in [0.1, 0.15) is 13.2 Å². The number of nitrogens with zero attached hydrogens (tertiary/aromatic N) is 2. The molecule has 0 amide bonds. The highest BCUT2D eigenvalue weighted by Crippen LogP contribution is 2.31. The normalized spacial score (nSPS) is 23.4. The molecule has 2 aromatic rings. The van der Waals surface area contributed by atoms with Gasteiger partial charge in [-0.15, -0.1) is 0 Å². The zero-order chi connectivity index (χ0) is 18.9. The van der Waals surface area contributed by atoms with Crippen LogP contribution >= 0.6 is 0 Å². The van der Waals surface area contributed by atoms with Crippen molar-refractivity contribution in [2.45, 2.75) is 44.3 Å². The molecule has 148 valence electrons. The van der Waals surface area contributed by atoms with Crippen LogP contribution in [0.15, 0.2) is 29.1 Å². The Morgan fingerprint density at radius 1 is 1.07 bits per heavy atom. The molecular formula is C21H25N3O4. The van der Waals surface area contributed by atoms with Gasteiger partial charge in [-0.3, -0.25) is 4.79 Å². The number of fused-ring (bicyclic) bond motifs is 2. The van der Waals surface area contributed by atoms with Crippen LogP contribution in [-0.4, -0.2) is 42.2 Å². The molecule has 3 aliphatic rings. The summed E-state index contributed by atoms with van der Waals surface area (Å²) in [5.74, 6) is 1.58. The molecule has 0 radical (unpaired) electrons. The average molecular weight is 383 g/mol. The fraction of sp³-hybridized carbons (Fsp3) is 0.524. The van der Waals surface area contributed by atoms with E-state index in [1.807, 2.05) is 18.2 Å². The molecule has 1 aliphatic carbocycles. The van der Waals surface area contributed by atoms with E-state index in [0.717, 1.165) is 54.0 Å². The lowest BCUT2D eigenvalue weighted by Gasteiger charge is -2.23. The molecule has 1 saturated heterocycles. The van der Waals surface area contributed by atoms with Gasteiger partial charge in [-0.1, -0.05) is 6.07 Å². The maximum atomic E-state index is 12.6. The van der Waals surface area contributed by atoms with E-state index in [4.69, 9.17) is 19.3 Å². The number of aryl methyl sites for hydroxylation is 2. The minimum atomic E-state index is -0.0862. The largest absolute Gasteiger partial charge is 0.486 e. The van der Waals surface area contributed by atoms with Gasteiger partial charge in [0.2, 0.25) is 0 Å². The van der Waals surface area contributed by atoms with E-state index in [0.29, 0.717) is 33.0 Å². The molecule has 7 nitrogen and oxygen atoms in total. The zero-order valence-electron chi connectivity index (χ0n) is 15.9. The molecule has 0 bridgehead atoms. The van der Waals surface area contributed by atoms with E-state index in [9.17, 15) is 4.79 Å². The topological polar surface area (TPSA) is 74.6 Å². The van der Waals surface area contributed by atoms with E-state index in [1.54, 1.807) is 10.7 Å². The number of benzene rings is 1. The van der Waals surface area contributed by atoms with E-state index < -0.39 is 0 Å². The maximum Gasteiger partial charge on any atom is 0.267 e. The van der Waals surface area contributed by atoms with Crippen LogP contribution in [0.2, 0.25) is 0 Å². The molecular weight excluding hydrogens is 358 g/mol. The first-order valence-electron chi connectivity index (χ1n) is 10.1. The molecule has 3 heterocycles. The molecule has 1 N–H and O–H groups in total. The van der Waals surface area contributed by atoms with Crippen molar-refractivity contribution in [2.75, 3.05) is 26.4 Å². The van der Waals surface area contributed by atoms with Crippen molar-refractivity contribution in [3.63, 3.8) is 0 Å². The van der Waals surface area contributed by atoms with Crippen LogP contribution < -0.4 is 20.3 Å². The summed E-state index contributed by atoms with van der Waals surface area (Å²) in [6.07, 6.45) is 4.21. The Bertz CT molecular complexity index is 926. The fourth-order valence-corrected chi connectivity index (χ4v) is 4.24. The van der Waals surface area contributed by atoms with Gasteiger partial charge in [0.15, 0.2) is 11.5 Å². The van der Waals surface area contributed by atoms with E-state index in [2.05, 4.69) is 5.32 Å². The third-order valence-corrected chi connectivity index (χ3v) is 5.77. The lowest BCUT2D eigenvalue weighted by Crippen LogP contribution is -2.41. The summed E-state index contributed by atoms with van der Waals surface area (Å²) in [7, 11) is 0. The van der Waals surface area contributed by atoms with Crippen LogP contribution in [0.5, 0.6) is 11.5 Å². The first-order valence-corrected chi connectivity index (χ1v) is 10.1. The second-order valence-corrected chi connectivity index (χ2v) is 7.68. The summed E-state index contributed by atoms with van der Waals surface area (Å²) in [6, 6.07) is 7.73. The molecule has 28 heavy (non-hydrogen) atoms. The van der Waals surface area contributed by atoms with Crippen LogP contribution in [-0.2, 0) is 24.1 Å². The number of nitrogens with one attached hydrogen (secondary N) is 1. The Labute approximate surface area is 163 Å². The van der Waals surface area contributed by atoms with Crippen molar-refractivity contribution in [3.05, 3.63) is 51.4 Å². The van der Waals surface area contributed by atoms with Crippen molar-refractivity contribution in [1.29, 1.82) is 0 Å². The summed E-state index contributed by atoms with van der Waals surface area (Å²) >= 11 is 0. The van der Waals surface area contributed by atoms with Crippen LogP contribution in [0, 0.1) is 0 Å². The van der Waals surface area contributed by atoms with Gasteiger partial charge in [0.25, 0.3) is 5.56 Å². The fourth-order valence-electron chi connectivity index (χ4n) is 4.24. The highest BCUT2D eigenvalue weighted by molar-refractivity contribution is 5.43. The zero-order valence-corrected chi connectivity index (χ0v) is 15.9. The third-order valence-electron chi connectivity index (χ3n) is 5.77. The Balaban J connectivity index is 1.32. The molecule has 5 rings (SSSR count). The Morgan fingerprint density at radius 2 is 1.93 bits per heavy atom. The van der Waals surface area contributed by atoms with Gasteiger partial charge in [0.05, 0.1) is 31.0 Å². The summed E-state index contributed by atoms with van der Waals surface area (Å²) in [5, 5.41) is 8.24. The second-order valence-electron chi connectivity index (χ2n) is 7.68. The minimum Gasteiger partial charge on any atom is -0.486 e. The summed E-state index contributed by atoms with van der Waals surface area (Å²) < 4.78 is 18.6. The average Bonchev–Trinajstić information content (AvgIpc) is 3.20.